The Morgan fingerprint density at radius 1 is 1.00 bits per heavy atom. The summed E-state index contributed by atoms with van der Waals surface area (Å²) in [4.78, 5) is 8.35. The number of pyridine rings is 2. The maximum atomic E-state index is 4.27. The van der Waals surface area contributed by atoms with Crippen LogP contribution in [0.4, 0.5) is 0 Å². The van der Waals surface area contributed by atoms with Crippen LogP contribution in [0.15, 0.2) is 42.9 Å². The molecule has 0 saturated heterocycles. The average Bonchev–Trinajstić information content (AvgIpc) is 2.33. The van der Waals surface area contributed by atoms with Crippen molar-refractivity contribution in [1.29, 1.82) is 0 Å². The monoisotopic (exact) mass is 200 g/mol. The van der Waals surface area contributed by atoms with Crippen LogP contribution in [0.25, 0.3) is 11.3 Å². The van der Waals surface area contributed by atoms with Crippen LogP contribution in [0.5, 0.6) is 0 Å². The fourth-order valence-corrected chi connectivity index (χ4v) is 1.25. The predicted molar refractivity (Wildman–Crippen MR) is 63.6 cm³/mol. The Labute approximate surface area is 91.0 Å². The van der Waals surface area contributed by atoms with Crippen LogP contribution in [0.3, 0.4) is 0 Å². The molecule has 0 aromatic carbocycles. The van der Waals surface area contributed by atoms with Crippen LogP contribution in [0.1, 0.15) is 19.4 Å². The molecule has 0 saturated carbocycles. The van der Waals surface area contributed by atoms with E-state index in [1.54, 1.807) is 12.4 Å². The number of aromatic nitrogens is 2. The minimum atomic E-state index is 0.980. The Morgan fingerprint density at radius 2 is 1.80 bits per heavy atom. The molecule has 2 aromatic rings. The maximum Gasteiger partial charge on any atom is 0.0720 e. The highest BCUT2D eigenvalue weighted by Gasteiger charge is 2.00. The summed E-state index contributed by atoms with van der Waals surface area (Å²) >= 11 is 0. The quantitative estimate of drug-likeness (QED) is 0.704. The molecule has 2 heterocycles. The molecular formula is C13H16N2. The van der Waals surface area contributed by atoms with Gasteiger partial charge in [-0.05, 0) is 30.7 Å². The summed E-state index contributed by atoms with van der Waals surface area (Å²) in [5, 5.41) is 0. The third kappa shape index (κ3) is 2.88. The predicted octanol–water partition coefficient (Wildman–Crippen LogP) is 3.48. The second-order valence-electron chi connectivity index (χ2n) is 2.91. The minimum Gasteiger partial charge on any atom is -0.264 e. The fourth-order valence-electron chi connectivity index (χ4n) is 1.25. The van der Waals surface area contributed by atoms with Gasteiger partial charge in [0.25, 0.3) is 0 Å². The summed E-state index contributed by atoms with van der Waals surface area (Å²) in [5.74, 6) is 0. The lowest BCUT2D eigenvalue weighted by Crippen LogP contribution is -1.86. The fraction of sp³-hybridized carbons (Fsp3) is 0.231. The lowest BCUT2D eigenvalue weighted by molar-refractivity contribution is 1.25. The molecule has 0 unspecified atom stereocenters. The zero-order chi connectivity index (χ0) is 11.1. The van der Waals surface area contributed by atoms with E-state index in [1.165, 1.54) is 5.56 Å². The molecule has 0 radical (unpaired) electrons. The Balaban J connectivity index is 0.000000531. The Kier molecular flexibility index (Phi) is 4.48. The number of hydrogen-bond acceptors (Lipinski definition) is 2. The molecule has 0 fully saturated rings. The first-order valence-electron chi connectivity index (χ1n) is 5.20. The van der Waals surface area contributed by atoms with Gasteiger partial charge in [-0.2, -0.15) is 0 Å². The molecule has 0 spiro atoms. The summed E-state index contributed by atoms with van der Waals surface area (Å²) in [7, 11) is 0. The van der Waals surface area contributed by atoms with E-state index in [4.69, 9.17) is 0 Å². The molecule has 0 aliphatic heterocycles. The molecule has 0 aliphatic rings. The third-order valence-electron chi connectivity index (χ3n) is 1.98. The van der Waals surface area contributed by atoms with Crippen molar-refractivity contribution >= 4 is 0 Å². The van der Waals surface area contributed by atoms with Gasteiger partial charge in [-0.1, -0.05) is 19.9 Å². The van der Waals surface area contributed by atoms with Gasteiger partial charge >= 0.3 is 0 Å². The van der Waals surface area contributed by atoms with Gasteiger partial charge < -0.3 is 0 Å². The van der Waals surface area contributed by atoms with E-state index < -0.39 is 0 Å². The molecule has 0 bridgehead atoms. The summed E-state index contributed by atoms with van der Waals surface area (Å²) < 4.78 is 0. The Bertz CT molecular complexity index is 396. The van der Waals surface area contributed by atoms with Crippen molar-refractivity contribution in [2.75, 3.05) is 0 Å². The van der Waals surface area contributed by atoms with Crippen molar-refractivity contribution in [3.8, 4) is 11.3 Å². The summed E-state index contributed by atoms with van der Waals surface area (Å²) in [6.07, 6.45) is 5.43. The highest BCUT2D eigenvalue weighted by Crippen LogP contribution is 2.18. The van der Waals surface area contributed by atoms with Crippen LogP contribution in [-0.2, 0) is 0 Å². The molecule has 78 valence electrons. The van der Waals surface area contributed by atoms with Gasteiger partial charge in [0.05, 0.1) is 5.69 Å². The van der Waals surface area contributed by atoms with E-state index >= 15 is 0 Å². The second kappa shape index (κ2) is 5.91. The Morgan fingerprint density at radius 3 is 2.40 bits per heavy atom. The van der Waals surface area contributed by atoms with Gasteiger partial charge in [0.2, 0.25) is 0 Å². The first-order chi connectivity index (χ1) is 7.38. The topological polar surface area (TPSA) is 25.8 Å². The molecular weight excluding hydrogens is 184 g/mol. The molecule has 0 N–H and O–H groups in total. The summed E-state index contributed by atoms with van der Waals surface area (Å²) in [6, 6.07) is 7.87. The van der Waals surface area contributed by atoms with E-state index in [0.29, 0.717) is 0 Å². The van der Waals surface area contributed by atoms with Gasteiger partial charge in [-0.3, -0.25) is 9.97 Å². The van der Waals surface area contributed by atoms with Gasteiger partial charge in [-0.25, -0.2) is 0 Å². The lowest BCUT2D eigenvalue weighted by Gasteiger charge is -2.02. The summed E-state index contributed by atoms with van der Waals surface area (Å²) in [5.41, 5.74) is 3.28. The molecule has 2 heteroatoms. The first kappa shape index (κ1) is 11.4. The van der Waals surface area contributed by atoms with Crippen molar-refractivity contribution in [3.63, 3.8) is 0 Å². The number of nitrogens with zero attached hydrogens (tertiary/aromatic N) is 2. The standard InChI is InChI=1S/C11H10N2.C2H6/c1-9-5-7-12-8-10(9)11-4-2-3-6-13-11;1-2/h2-8H,1H3;1-2H3. The van der Waals surface area contributed by atoms with E-state index in [0.717, 1.165) is 11.3 Å². The molecule has 2 aromatic heterocycles. The molecule has 2 nitrogen and oxygen atoms in total. The molecule has 0 atom stereocenters. The number of hydrogen-bond donors (Lipinski definition) is 0. The smallest absolute Gasteiger partial charge is 0.0720 e. The van der Waals surface area contributed by atoms with Crippen LogP contribution < -0.4 is 0 Å². The third-order valence-corrected chi connectivity index (χ3v) is 1.98. The average molecular weight is 200 g/mol. The second-order valence-corrected chi connectivity index (χ2v) is 2.91. The van der Waals surface area contributed by atoms with E-state index in [1.807, 2.05) is 44.3 Å². The van der Waals surface area contributed by atoms with Crippen molar-refractivity contribution in [1.82, 2.24) is 9.97 Å². The SMILES string of the molecule is CC.Cc1ccncc1-c1ccccn1. The zero-order valence-corrected chi connectivity index (χ0v) is 9.44. The van der Waals surface area contributed by atoms with E-state index in [-0.39, 0.29) is 0 Å². The van der Waals surface area contributed by atoms with Gasteiger partial charge in [0.15, 0.2) is 0 Å². The van der Waals surface area contributed by atoms with E-state index in [2.05, 4.69) is 16.9 Å². The molecule has 15 heavy (non-hydrogen) atoms. The first-order valence-corrected chi connectivity index (χ1v) is 5.20. The highest BCUT2D eigenvalue weighted by atomic mass is 14.7. The lowest BCUT2D eigenvalue weighted by atomic mass is 10.1. The van der Waals surface area contributed by atoms with Gasteiger partial charge in [-0.15, -0.1) is 0 Å². The largest absolute Gasteiger partial charge is 0.264 e. The zero-order valence-electron chi connectivity index (χ0n) is 9.44. The van der Waals surface area contributed by atoms with Gasteiger partial charge in [0.1, 0.15) is 0 Å². The van der Waals surface area contributed by atoms with Crippen LogP contribution in [0, 0.1) is 6.92 Å². The normalized spacial score (nSPS) is 9.00. The van der Waals surface area contributed by atoms with E-state index in [9.17, 15) is 0 Å². The molecule has 0 amide bonds. The summed E-state index contributed by atoms with van der Waals surface area (Å²) in [6.45, 7) is 6.06. The Hall–Kier alpha value is -1.70. The molecule has 2 rings (SSSR count). The van der Waals surface area contributed by atoms with Crippen molar-refractivity contribution in [2.45, 2.75) is 20.8 Å². The van der Waals surface area contributed by atoms with Crippen molar-refractivity contribution in [2.24, 2.45) is 0 Å². The maximum absolute atomic E-state index is 4.27. The van der Waals surface area contributed by atoms with Crippen LogP contribution in [-0.4, -0.2) is 9.97 Å². The molecule has 0 aliphatic carbocycles. The number of aryl methyl sites for hydroxylation is 1. The van der Waals surface area contributed by atoms with Crippen LogP contribution in [0.2, 0.25) is 0 Å². The van der Waals surface area contributed by atoms with Crippen molar-refractivity contribution in [3.05, 3.63) is 48.4 Å². The van der Waals surface area contributed by atoms with Crippen molar-refractivity contribution < 1.29 is 0 Å². The van der Waals surface area contributed by atoms with Gasteiger partial charge in [0, 0.05) is 24.2 Å². The van der Waals surface area contributed by atoms with Crippen LogP contribution >= 0.6 is 0 Å². The number of rotatable bonds is 1. The minimum absolute atomic E-state index is 0.980. The highest BCUT2D eigenvalue weighted by molar-refractivity contribution is 5.61.